The number of halogens is 1. The molecule has 0 amide bonds. The first-order valence-corrected chi connectivity index (χ1v) is 5.43. The van der Waals surface area contributed by atoms with Crippen LogP contribution >= 0.6 is 23.4 Å². The molecule has 0 unspecified atom stereocenters. The Morgan fingerprint density at radius 3 is 2.08 bits per heavy atom. The highest BCUT2D eigenvalue weighted by Gasteiger charge is 2.02. The summed E-state index contributed by atoms with van der Waals surface area (Å²) in [4.78, 5) is 1.33. The van der Waals surface area contributed by atoms with E-state index in [1.807, 2.05) is 0 Å². The predicted octanol–water partition coefficient (Wildman–Crippen LogP) is 3.90. The van der Waals surface area contributed by atoms with Crippen molar-refractivity contribution in [2.24, 2.45) is 0 Å². The molecule has 0 nitrogen and oxygen atoms in total. The van der Waals surface area contributed by atoms with Crippen LogP contribution in [0.1, 0.15) is 16.7 Å². The maximum atomic E-state index is 5.68. The molecule has 0 aliphatic rings. The molecule has 1 aromatic carbocycles. The van der Waals surface area contributed by atoms with E-state index >= 15 is 0 Å². The summed E-state index contributed by atoms with van der Waals surface area (Å²) < 4.78 is 0. The van der Waals surface area contributed by atoms with E-state index in [0.29, 0.717) is 5.21 Å². The van der Waals surface area contributed by atoms with Crippen LogP contribution in [0.2, 0.25) is 0 Å². The van der Waals surface area contributed by atoms with E-state index in [1.165, 1.54) is 21.6 Å². The summed E-state index contributed by atoms with van der Waals surface area (Å²) in [7, 11) is 0. The van der Waals surface area contributed by atoms with Crippen molar-refractivity contribution in [1.82, 2.24) is 0 Å². The van der Waals surface area contributed by atoms with Crippen molar-refractivity contribution >= 4 is 23.4 Å². The van der Waals surface area contributed by atoms with Gasteiger partial charge in [0, 0.05) is 4.90 Å². The third-order valence-electron chi connectivity index (χ3n) is 1.80. The maximum Gasteiger partial charge on any atom is 0.0727 e. The van der Waals surface area contributed by atoms with E-state index in [4.69, 9.17) is 11.6 Å². The van der Waals surface area contributed by atoms with E-state index in [9.17, 15) is 0 Å². The van der Waals surface area contributed by atoms with Gasteiger partial charge < -0.3 is 0 Å². The molecule has 0 bridgehead atoms. The summed E-state index contributed by atoms with van der Waals surface area (Å²) in [6, 6.07) is 4.39. The van der Waals surface area contributed by atoms with Gasteiger partial charge >= 0.3 is 0 Å². The van der Waals surface area contributed by atoms with Crippen molar-refractivity contribution in [3.8, 4) is 0 Å². The molecule has 66 valence electrons. The topological polar surface area (TPSA) is 0 Å². The molecule has 0 saturated carbocycles. The number of hydrogen-bond acceptors (Lipinski definition) is 1. The van der Waals surface area contributed by atoms with E-state index in [2.05, 4.69) is 32.9 Å². The van der Waals surface area contributed by atoms with E-state index in [1.54, 1.807) is 11.8 Å². The Morgan fingerprint density at radius 1 is 1.17 bits per heavy atom. The molecular formula is C10H13ClS. The molecule has 0 spiro atoms. The molecule has 0 aliphatic heterocycles. The van der Waals surface area contributed by atoms with Crippen molar-refractivity contribution in [1.29, 1.82) is 0 Å². The maximum absolute atomic E-state index is 5.68. The minimum atomic E-state index is 0.630. The Labute approximate surface area is 83.3 Å². The Kier molecular flexibility index (Phi) is 3.48. The van der Waals surface area contributed by atoms with Crippen LogP contribution in [-0.4, -0.2) is 5.21 Å². The van der Waals surface area contributed by atoms with Gasteiger partial charge in [-0.2, -0.15) is 0 Å². The highest BCUT2D eigenvalue weighted by Crippen LogP contribution is 2.27. The molecule has 1 rings (SSSR count). The van der Waals surface area contributed by atoms with Crippen molar-refractivity contribution < 1.29 is 0 Å². The molecule has 2 heteroatoms. The fourth-order valence-electron chi connectivity index (χ4n) is 1.45. The van der Waals surface area contributed by atoms with E-state index < -0.39 is 0 Å². The molecule has 1 aromatic rings. The van der Waals surface area contributed by atoms with Gasteiger partial charge in [-0.15, -0.1) is 23.4 Å². The average molecular weight is 201 g/mol. The summed E-state index contributed by atoms with van der Waals surface area (Å²) in [5, 5.41) is 0.630. The second kappa shape index (κ2) is 4.20. The third-order valence-corrected chi connectivity index (χ3v) is 3.17. The number of aryl methyl sites for hydroxylation is 3. The summed E-state index contributed by atoms with van der Waals surface area (Å²) >= 11 is 7.39. The molecule has 0 N–H and O–H groups in total. The summed E-state index contributed by atoms with van der Waals surface area (Å²) in [6.45, 7) is 6.39. The quantitative estimate of drug-likeness (QED) is 0.516. The summed E-state index contributed by atoms with van der Waals surface area (Å²) in [6.07, 6.45) is 0. The predicted molar refractivity (Wildman–Crippen MR) is 57.2 cm³/mol. The first-order chi connectivity index (χ1) is 5.65. The standard InChI is InChI=1S/C10H13ClS/c1-7-4-8(2)10(12-6-11)9(3)5-7/h4-5H,6H2,1-3H3. The van der Waals surface area contributed by atoms with E-state index in [0.717, 1.165) is 0 Å². The van der Waals surface area contributed by atoms with Gasteiger partial charge in [-0.25, -0.2) is 0 Å². The van der Waals surface area contributed by atoms with Gasteiger partial charge in [0.25, 0.3) is 0 Å². The first kappa shape index (κ1) is 9.94. The Hall–Kier alpha value is -0.140. The van der Waals surface area contributed by atoms with Crippen LogP contribution in [-0.2, 0) is 0 Å². The number of benzene rings is 1. The zero-order valence-electron chi connectivity index (χ0n) is 7.65. The molecule has 0 radical (unpaired) electrons. The Balaban J connectivity index is 3.10. The lowest BCUT2D eigenvalue weighted by Crippen LogP contribution is -1.87. The van der Waals surface area contributed by atoms with Crippen LogP contribution in [0.4, 0.5) is 0 Å². The minimum Gasteiger partial charge on any atom is -0.114 e. The van der Waals surface area contributed by atoms with Crippen LogP contribution < -0.4 is 0 Å². The third kappa shape index (κ3) is 2.18. The van der Waals surface area contributed by atoms with Gasteiger partial charge in [0.2, 0.25) is 0 Å². The fraction of sp³-hybridized carbons (Fsp3) is 0.400. The smallest absolute Gasteiger partial charge is 0.0727 e. The molecule has 12 heavy (non-hydrogen) atoms. The number of hydrogen-bond donors (Lipinski definition) is 0. The van der Waals surface area contributed by atoms with Crippen LogP contribution in [0, 0.1) is 20.8 Å². The van der Waals surface area contributed by atoms with Crippen molar-refractivity contribution in [2.75, 3.05) is 5.21 Å². The van der Waals surface area contributed by atoms with Gasteiger partial charge in [0.15, 0.2) is 0 Å². The van der Waals surface area contributed by atoms with Crippen LogP contribution in [0.5, 0.6) is 0 Å². The molecule has 0 fully saturated rings. The monoisotopic (exact) mass is 200 g/mol. The zero-order chi connectivity index (χ0) is 9.14. The minimum absolute atomic E-state index is 0.630. The fourth-order valence-corrected chi connectivity index (χ4v) is 2.46. The van der Waals surface area contributed by atoms with Gasteiger partial charge in [-0.05, 0) is 31.9 Å². The summed E-state index contributed by atoms with van der Waals surface area (Å²) in [5.41, 5.74) is 3.99. The van der Waals surface area contributed by atoms with Gasteiger partial charge in [0.1, 0.15) is 0 Å². The van der Waals surface area contributed by atoms with Gasteiger partial charge in [-0.1, -0.05) is 17.7 Å². The molecule has 0 atom stereocenters. The molecular weight excluding hydrogens is 188 g/mol. The highest BCUT2D eigenvalue weighted by molar-refractivity contribution is 8.00. The lowest BCUT2D eigenvalue weighted by molar-refractivity contribution is 1.19. The zero-order valence-corrected chi connectivity index (χ0v) is 9.22. The Bertz CT molecular complexity index is 258. The van der Waals surface area contributed by atoms with Crippen LogP contribution in [0.25, 0.3) is 0 Å². The lowest BCUT2D eigenvalue weighted by Gasteiger charge is -2.08. The SMILES string of the molecule is Cc1cc(C)c(SCCl)c(C)c1. The van der Waals surface area contributed by atoms with Crippen molar-refractivity contribution in [3.63, 3.8) is 0 Å². The Morgan fingerprint density at radius 2 is 1.67 bits per heavy atom. The van der Waals surface area contributed by atoms with Gasteiger partial charge in [0.05, 0.1) is 5.21 Å². The normalized spacial score (nSPS) is 10.3. The lowest BCUT2D eigenvalue weighted by atomic mass is 10.1. The van der Waals surface area contributed by atoms with Crippen molar-refractivity contribution in [2.45, 2.75) is 25.7 Å². The second-order valence-corrected chi connectivity index (χ2v) is 4.55. The number of rotatable bonds is 2. The molecule has 0 aromatic heterocycles. The highest BCUT2D eigenvalue weighted by atomic mass is 35.5. The number of alkyl halides is 1. The largest absolute Gasteiger partial charge is 0.114 e. The van der Waals surface area contributed by atoms with Crippen LogP contribution in [0.15, 0.2) is 17.0 Å². The van der Waals surface area contributed by atoms with Gasteiger partial charge in [-0.3, -0.25) is 0 Å². The second-order valence-electron chi connectivity index (χ2n) is 2.98. The van der Waals surface area contributed by atoms with Crippen LogP contribution in [0.3, 0.4) is 0 Å². The molecule has 0 saturated heterocycles. The average Bonchev–Trinajstić information content (AvgIpc) is 1.96. The number of thioether (sulfide) groups is 1. The first-order valence-electron chi connectivity index (χ1n) is 3.91. The molecule has 0 heterocycles. The van der Waals surface area contributed by atoms with E-state index in [-0.39, 0.29) is 0 Å². The summed E-state index contributed by atoms with van der Waals surface area (Å²) in [5.74, 6) is 0. The molecule has 0 aliphatic carbocycles. The van der Waals surface area contributed by atoms with Crippen molar-refractivity contribution in [3.05, 3.63) is 28.8 Å².